The molecule has 0 aromatic heterocycles. The van der Waals surface area contributed by atoms with Crippen LogP contribution in [-0.2, 0) is 9.59 Å². The molecule has 1 aliphatic heterocycles. The largest absolute Gasteiger partial charge is 0.326 e. The molecule has 2 aromatic carbocycles. The van der Waals surface area contributed by atoms with Crippen molar-refractivity contribution >= 4 is 29.0 Å². The molecule has 0 unspecified atom stereocenters. The molecule has 1 atom stereocenters. The predicted octanol–water partition coefficient (Wildman–Crippen LogP) is 2.95. The second-order valence-corrected chi connectivity index (χ2v) is 5.51. The van der Waals surface area contributed by atoms with Crippen LogP contribution >= 0.6 is 0 Å². The van der Waals surface area contributed by atoms with Gasteiger partial charge < -0.3 is 10.6 Å². The molecule has 23 heavy (non-hydrogen) atoms. The molecule has 0 radical (unpaired) electrons. The molecule has 0 spiro atoms. The average molecular weight is 308 g/mol. The van der Waals surface area contributed by atoms with Gasteiger partial charge in [-0.15, -0.1) is 0 Å². The number of nitrogens with one attached hydrogen (secondary N) is 2. The highest BCUT2D eigenvalue weighted by Gasteiger charge is 2.30. The van der Waals surface area contributed by atoms with E-state index in [1.165, 1.54) is 6.92 Å². The monoisotopic (exact) mass is 308 g/mol. The third kappa shape index (κ3) is 3.13. The molecule has 0 saturated carbocycles. The smallest absolute Gasteiger partial charge is 0.232 e. The number of para-hydroxylation sites is 1. The topological polar surface area (TPSA) is 75.3 Å². The summed E-state index contributed by atoms with van der Waals surface area (Å²) in [6.07, 6.45) is 0.119. The number of hydrogen-bond donors (Lipinski definition) is 2. The van der Waals surface area contributed by atoms with Crippen LogP contribution in [0.3, 0.4) is 0 Å². The molecule has 5 nitrogen and oxygen atoms in total. The second-order valence-electron chi connectivity index (χ2n) is 5.51. The van der Waals surface area contributed by atoms with Gasteiger partial charge in [-0.1, -0.05) is 18.2 Å². The van der Waals surface area contributed by atoms with Crippen molar-refractivity contribution in [3.05, 3.63) is 59.7 Å². The summed E-state index contributed by atoms with van der Waals surface area (Å²) in [7, 11) is 0. The number of fused-ring (bicyclic) bond motifs is 1. The number of rotatable bonds is 3. The lowest BCUT2D eigenvalue weighted by atomic mass is 9.90. The molecular weight excluding hydrogens is 292 g/mol. The Morgan fingerprint density at radius 3 is 2.48 bits per heavy atom. The molecule has 0 bridgehead atoms. The zero-order chi connectivity index (χ0) is 16.4. The molecule has 116 valence electrons. The summed E-state index contributed by atoms with van der Waals surface area (Å²) < 4.78 is 0. The number of ketones is 1. The van der Waals surface area contributed by atoms with E-state index in [-0.39, 0.29) is 24.0 Å². The second kappa shape index (κ2) is 6.04. The minimum atomic E-state index is -0.521. The molecule has 1 aliphatic rings. The number of carbonyl (C=O) groups excluding carboxylic acids is 3. The highest BCUT2D eigenvalue weighted by atomic mass is 16.2. The van der Waals surface area contributed by atoms with Crippen molar-refractivity contribution in [1.29, 1.82) is 0 Å². The van der Waals surface area contributed by atoms with Gasteiger partial charge in [0.15, 0.2) is 5.78 Å². The minimum absolute atomic E-state index is 0.0271. The molecule has 0 aliphatic carbocycles. The first-order chi connectivity index (χ1) is 11.0. The van der Waals surface area contributed by atoms with E-state index >= 15 is 0 Å². The van der Waals surface area contributed by atoms with Crippen molar-refractivity contribution in [2.24, 2.45) is 0 Å². The van der Waals surface area contributed by atoms with Crippen LogP contribution in [0.15, 0.2) is 48.5 Å². The first kappa shape index (κ1) is 15.0. The van der Waals surface area contributed by atoms with E-state index in [2.05, 4.69) is 10.6 Å². The molecule has 3 rings (SSSR count). The summed E-state index contributed by atoms with van der Waals surface area (Å²) in [6, 6.07) is 14.0. The van der Waals surface area contributed by atoms with Crippen LogP contribution in [-0.4, -0.2) is 17.6 Å². The van der Waals surface area contributed by atoms with E-state index < -0.39 is 5.92 Å². The number of benzene rings is 2. The SMILES string of the molecule is CC(=O)c1ccc(NC(=O)[C@H]2CC(=O)Nc3ccccc32)cc1. The molecule has 2 aromatic rings. The maximum absolute atomic E-state index is 12.5. The Bertz CT molecular complexity index is 781. The van der Waals surface area contributed by atoms with Crippen molar-refractivity contribution in [3.8, 4) is 0 Å². The average Bonchev–Trinajstić information content (AvgIpc) is 2.54. The van der Waals surface area contributed by atoms with Gasteiger partial charge in [-0.25, -0.2) is 0 Å². The lowest BCUT2D eigenvalue weighted by Gasteiger charge is -2.24. The summed E-state index contributed by atoms with van der Waals surface area (Å²) in [6.45, 7) is 1.49. The first-order valence-electron chi connectivity index (χ1n) is 7.35. The summed E-state index contributed by atoms with van der Waals surface area (Å²) in [5, 5.41) is 5.58. The van der Waals surface area contributed by atoms with Crippen LogP contribution in [0.1, 0.15) is 35.2 Å². The lowest BCUT2D eigenvalue weighted by molar-refractivity contribution is -0.123. The third-order valence-corrected chi connectivity index (χ3v) is 3.88. The number of amides is 2. The fourth-order valence-electron chi connectivity index (χ4n) is 2.66. The van der Waals surface area contributed by atoms with E-state index in [9.17, 15) is 14.4 Å². The van der Waals surface area contributed by atoms with Gasteiger partial charge in [0.25, 0.3) is 0 Å². The third-order valence-electron chi connectivity index (χ3n) is 3.88. The number of hydrogen-bond acceptors (Lipinski definition) is 3. The zero-order valence-electron chi connectivity index (χ0n) is 12.6. The highest BCUT2D eigenvalue weighted by Crippen LogP contribution is 2.32. The Balaban J connectivity index is 1.81. The van der Waals surface area contributed by atoms with Crippen molar-refractivity contribution in [2.45, 2.75) is 19.3 Å². The molecular formula is C18H16N2O3. The first-order valence-corrected chi connectivity index (χ1v) is 7.35. The van der Waals surface area contributed by atoms with Crippen LogP contribution < -0.4 is 10.6 Å². The maximum atomic E-state index is 12.5. The quantitative estimate of drug-likeness (QED) is 0.856. The highest BCUT2D eigenvalue weighted by molar-refractivity contribution is 6.05. The standard InChI is InChI=1S/C18H16N2O3/c1-11(21)12-6-8-13(9-7-12)19-18(23)15-10-17(22)20-16-5-3-2-4-14(15)16/h2-9,15H,10H2,1H3,(H,19,23)(H,20,22)/t15-/m0/s1. The summed E-state index contributed by atoms with van der Waals surface area (Å²) in [5.41, 5.74) is 2.68. The van der Waals surface area contributed by atoms with Crippen molar-refractivity contribution in [3.63, 3.8) is 0 Å². The Kier molecular flexibility index (Phi) is 3.93. The van der Waals surface area contributed by atoms with Gasteiger partial charge in [0.05, 0.1) is 5.92 Å². The Morgan fingerprint density at radius 1 is 1.09 bits per heavy atom. The van der Waals surface area contributed by atoms with Crippen LogP contribution in [0.2, 0.25) is 0 Å². The van der Waals surface area contributed by atoms with Crippen LogP contribution in [0, 0.1) is 0 Å². The normalized spacial score (nSPS) is 16.2. The number of anilines is 2. The fourth-order valence-corrected chi connectivity index (χ4v) is 2.66. The zero-order valence-corrected chi connectivity index (χ0v) is 12.6. The predicted molar refractivity (Wildman–Crippen MR) is 87.5 cm³/mol. The van der Waals surface area contributed by atoms with E-state index in [0.717, 1.165) is 5.56 Å². The van der Waals surface area contributed by atoms with Crippen molar-refractivity contribution < 1.29 is 14.4 Å². The lowest BCUT2D eigenvalue weighted by Crippen LogP contribution is -2.30. The van der Waals surface area contributed by atoms with E-state index in [4.69, 9.17) is 0 Å². The van der Waals surface area contributed by atoms with Crippen LogP contribution in [0.5, 0.6) is 0 Å². The van der Waals surface area contributed by atoms with Crippen LogP contribution in [0.25, 0.3) is 0 Å². The van der Waals surface area contributed by atoms with Gasteiger partial charge in [-0.2, -0.15) is 0 Å². The summed E-state index contributed by atoms with van der Waals surface area (Å²) in [5.74, 6) is -0.952. The minimum Gasteiger partial charge on any atom is -0.326 e. The van der Waals surface area contributed by atoms with Gasteiger partial charge >= 0.3 is 0 Å². The van der Waals surface area contributed by atoms with Gasteiger partial charge in [-0.05, 0) is 42.8 Å². The molecule has 2 N–H and O–H groups in total. The Morgan fingerprint density at radius 2 is 1.78 bits per heavy atom. The summed E-state index contributed by atoms with van der Waals surface area (Å²) in [4.78, 5) is 35.6. The van der Waals surface area contributed by atoms with E-state index in [1.54, 1.807) is 30.3 Å². The number of carbonyl (C=O) groups is 3. The van der Waals surface area contributed by atoms with Gasteiger partial charge in [0.2, 0.25) is 11.8 Å². The van der Waals surface area contributed by atoms with E-state index in [0.29, 0.717) is 16.9 Å². The van der Waals surface area contributed by atoms with Gasteiger partial charge in [0, 0.05) is 23.4 Å². The van der Waals surface area contributed by atoms with Crippen molar-refractivity contribution in [1.82, 2.24) is 0 Å². The maximum Gasteiger partial charge on any atom is 0.232 e. The summed E-state index contributed by atoms with van der Waals surface area (Å²) >= 11 is 0. The van der Waals surface area contributed by atoms with Gasteiger partial charge in [0.1, 0.15) is 0 Å². The molecule has 5 heteroatoms. The molecule has 1 heterocycles. The van der Waals surface area contributed by atoms with Gasteiger partial charge in [-0.3, -0.25) is 14.4 Å². The Labute approximate surface area is 133 Å². The Hall–Kier alpha value is -2.95. The van der Waals surface area contributed by atoms with Crippen molar-refractivity contribution in [2.75, 3.05) is 10.6 Å². The number of Topliss-reactive ketones (excluding diaryl/α,β-unsaturated/α-hetero) is 1. The van der Waals surface area contributed by atoms with Crippen LogP contribution in [0.4, 0.5) is 11.4 Å². The molecule has 2 amide bonds. The molecule has 0 fully saturated rings. The fraction of sp³-hybridized carbons (Fsp3) is 0.167. The van der Waals surface area contributed by atoms with E-state index in [1.807, 2.05) is 18.2 Å². The molecule has 0 saturated heterocycles.